The molecule has 0 aliphatic carbocycles. The number of halogens is 2. The number of carbonyl (C=O) groups excluding carboxylic acids is 2. The van der Waals surface area contributed by atoms with Gasteiger partial charge in [0.05, 0.1) is 17.9 Å². The maximum absolute atomic E-state index is 15.6. The van der Waals surface area contributed by atoms with Crippen LogP contribution in [0.1, 0.15) is 63.8 Å². The molecule has 2 aromatic carbocycles. The highest BCUT2D eigenvalue weighted by Gasteiger charge is 2.56. The minimum atomic E-state index is -2.59. The second kappa shape index (κ2) is 16.8. The maximum atomic E-state index is 15.6. The standard InChI is InChI=1S/C40H48F2N8O9/c1-6-40(42)34(56)30(21-51)59-36(40)49-10-9-31(44-37(49)57)43-32(54)18-39(4,5)19-33(55)48-13-11-47(12-14-48)20-23-7-8-24(15-27(23)41)50-35(45-46-38(50)58)26-16-25(22(2)3)28(52)17-29(26)53/h6-10,15-17,22,30,34,36,51-53,56H,1,11-14,18-21H2,2-5H3,(H,46,58)(H,43,44,54,57). The highest BCUT2D eigenvalue weighted by Crippen LogP contribution is 2.42. The predicted molar refractivity (Wildman–Crippen MR) is 210 cm³/mol. The van der Waals surface area contributed by atoms with Gasteiger partial charge in [-0.2, -0.15) is 10.1 Å². The van der Waals surface area contributed by atoms with Gasteiger partial charge in [0.15, 0.2) is 12.1 Å². The number of ether oxygens (including phenoxy) is 1. The number of hydrogen-bond acceptors (Lipinski definition) is 12. The van der Waals surface area contributed by atoms with E-state index < -0.39 is 59.2 Å². The zero-order chi connectivity index (χ0) is 43.0. The third-order valence-corrected chi connectivity index (χ3v) is 10.7. The van der Waals surface area contributed by atoms with E-state index in [1.807, 2.05) is 18.7 Å². The lowest BCUT2D eigenvalue weighted by Crippen LogP contribution is -2.49. The largest absolute Gasteiger partial charge is 0.508 e. The molecule has 19 heteroatoms. The number of H-pyrrole nitrogens is 1. The van der Waals surface area contributed by atoms with Gasteiger partial charge in [0.25, 0.3) is 0 Å². The molecular weight excluding hydrogens is 774 g/mol. The monoisotopic (exact) mass is 822 g/mol. The summed E-state index contributed by atoms with van der Waals surface area (Å²) >= 11 is 0. The van der Waals surface area contributed by atoms with E-state index >= 15 is 8.78 Å². The molecule has 2 aliphatic rings. The van der Waals surface area contributed by atoms with E-state index in [0.717, 1.165) is 21.4 Å². The van der Waals surface area contributed by atoms with Gasteiger partial charge in [0.1, 0.15) is 35.3 Å². The number of benzene rings is 2. The highest BCUT2D eigenvalue weighted by molar-refractivity contribution is 5.90. The number of piperazine rings is 1. The molecule has 2 fully saturated rings. The van der Waals surface area contributed by atoms with Crippen LogP contribution in [0.3, 0.4) is 0 Å². The van der Waals surface area contributed by atoms with Crippen molar-refractivity contribution in [3.05, 3.63) is 93.2 Å². The van der Waals surface area contributed by atoms with Gasteiger partial charge in [0, 0.05) is 63.4 Å². The molecule has 0 bridgehead atoms. The quantitative estimate of drug-likeness (QED) is 0.107. The van der Waals surface area contributed by atoms with Crippen molar-refractivity contribution in [2.75, 3.05) is 38.1 Å². The number of aromatic amines is 1. The van der Waals surface area contributed by atoms with Gasteiger partial charge in [-0.15, -0.1) is 0 Å². The molecule has 2 aliphatic heterocycles. The van der Waals surface area contributed by atoms with Crippen molar-refractivity contribution in [1.29, 1.82) is 0 Å². The number of aliphatic hydroxyl groups excluding tert-OH is 2. The predicted octanol–water partition coefficient (Wildman–Crippen LogP) is 2.69. The lowest BCUT2D eigenvalue weighted by molar-refractivity contribution is -0.135. The van der Waals surface area contributed by atoms with Crippen molar-refractivity contribution in [2.45, 2.75) is 77.1 Å². The van der Waals surface area contributed by atoms with Crippen LogP contribution >= 0.6 is 0 Å². The summed E-state index contributed by atoms with van der Waals surface area (Å²) in [5.41, 5.74) is -3.74. The average Bonchev–Trinajstić information content (AvgIpc) is 3.67. The van der Waals surface area contributed by atoms with Gasteiger partial charge in [-0.1, -0.05) is 40.3 Å². The SMILES string of the molecule is C=CC1(F)C(O)C(CO)OC1n1ccc(NC(=O)CC(C)(C)CC(=O)N2CCN(Cc3ccc(-n4c(-c5cc(C(C)C)c(O)cc5O)n[nH]c4=O)cc3F)CC2)nc1=O. The minimum Gasteiger partial charge on any atom is -0.508 e. The number of aromatic nitrogens is 5. The molecule has 17 nitrogen and oxygen atoms in total. The Morgan fingerprint density at radius 2 is 1.81 bits per heavy atom. The summed E-state index contributed by atoms with van der Waals surface area (Å²) in [6.07, 6.45) is -2.85. The van der Waals surface area contributed by atoms with Crippen molar-refractivity contribution in [3.63, 3.8) is 0 Å². The number of hydrogen-bond donors (Lipinski definition) is 6. The number of phenolic OH excluding ortho intramolecular Hbond substituents is 2. The number of rotatable bonds is 13. The molecule has 0 saturated carbocycles. The van der Waals surface area contributed by atoms with Crippen LogP contribution in [0, 0.1) is 11.2 Å². The number of nitrogens with zero attached hydrogens (tertiary/aromatic N) is 6. The van der Waals surface area contributed by atoms with Crippen LogP contribution in [-0.2, 0) is 20.9 Å². The van der Waals surface area contributed by atoms with Crippen molar-refractivity contribution in [3.8, 4) is 28.6 Å². The molecule has 4 unspecified atom stereocenters. The molecular formula is C40H48F2N8O9. The summed E-state index contributed by atoms with van der Waals surface area (Å²) in [7, 11) is 0. The van der Waals surface area contributed by atoms with Crippen molar-refractivity contribution >= 4 is 17.6 Å². The Labute approximate surface area is 337 Å². The molecule has 4 heterocycles. The fraction of sp³-hybridized carbons (Fsp3) is 0.450. The van der Waals surface area contributed by atoms with E-state index in [9.17, 15) is 39.6 Å². The molecule has 0 spiro atoms. The zero-order valence-electron chi connectivity index (χ0n) is 33.1. The number of anilines is 1. The van der Waals surface area contributed by atoms with Gasteiger partial charge < -0.3 is 35.4 Å². The van der Waals surface area contributed by atoms with Gasteiger partial charge >= 0.3 is 11.4 Å². The number of nitrogens with one attached hydrogen (secondary N) is 2. The third kappa shape index (κ3) is 8.82. The second-order valence-corrected chi connectivity index (χ2v) is 16.0. The van der Waals surface area contributed by atoms with Crippen LogP contribution in [-0.4, -0.2) is 117 Å². The fourth-order valence-electron chi connectivity index (χ4n) is 7.44. The first-order chi connectivity index (χ1) is 27.8. The smallest absolute Gasteiger partial charge is 0.351 e. The Kier molecular flexibility index (Phi) is 12.2. The summed E-state index contributed by atoms with van der Waals surface area (Å²) in [6.45, 7) is 11.8. The first kappa shape index (κ1) is 42.8. The summed E-state index contributed by atoms with van der Waals surface area (Å²) in [6, 6.07) is 8.33. The number of phenols is 2. The number of aliphatic hydroxyl groups is 2. The van der Waals surface area contributed by atoms with Gasteiger partial charge in [0.2, 0.25) is 17.5 Å². The fourth-order valence-corrected chi connectivity index (χ4v) is 7.44. The maximum Gasteiger partial charge on any atom is 0.351 e. The van der Waals surface area contributed by atoms with Crippen LogP contribution in [0.15, 0.2) is 64.8 Å². The Balaban J connectivity index is 1.02. The Hall–Kier alpha value is -5.76. The molecule has 2 saturated heterocycles. The van der Waals surface area contributed by atoms with E-state index in [1.54, 1.807) is 36.9 Å². The molecule has 6 rings (SSSR count). The van der Waals surface area contributed by atoms with E-state index in [0.29, 0.717) is 37.3 Å². The van der Waals surface area contributed by atoms with E-state index in [4.69, 9.17) is 4.74 Å². The van der Waals surface area contributed by atoms with Crippen molar-refractivity contribution in [1.82, 2.24) is 34.1 Å². The highest BCUT2D eigenvalue weighted by atomic mass is 19.1. The molecule has 4 atom stereocenters. The van der Waals surface area contributed by atoms with Crippen molar-refractivity contribution in [2.24, 2.45) is 5.41 Å². The second-order valence-electron chi connectivity index (χ2n) is 16.0. The van der Waals surface area contributed by atoms with Crippen LogP contribution in [0.4, 0.5) is 14.6 Å². The van der Waals surface area contributed by atoms with Crippen molar-refractivity contribution < 1.29 is 43.5 Å². The molecule has 59 heavy (non-hydrogen) atoms. The molecule has 316 valence electrons. The normalized spacial score (nSPS) is 21.2. The lowest BCUT2D eigenvalue weighted by atomic mass is 9.84. The van der Waals surface area contributed by atoms with Gasteiger partial charge in [-0.25, -0.2) is 28.0 Å². The van der Waals surface area contributed by atoms with Crippen LogP contribution in [0.2, 0.25) is 0 Å². The number of carbonyl (C=O) groups is 2. The molecule has 2 amide bonds. The van der Waals surface area contributed by atoms with Gasteiger partial charge in [-0.3, -0.25) is 19.1 Å². The molecule has 6 N–H and O–H groups in total. The number of alkyl halides is 1. The third-order valence-electron chi connectivity index (χ3n) is 10.7. The summed E-state index contributed by atoms with van der Waals surface area (Å²) in [5, 5.41) is 49.5. The Morgan fingerprint density at radius 1 is 1.10 bits per heavy atom. The summed E-state index contributed by atoms with van der Waals surface area (Å²) < 4.78 is 38.4. The Bertz CT molecular complexity index is 2350. The minimum absolute atomic E-state index is 0.0368. The Morgan fingerprint density at radius 3 is 2.44 bits per heavy atom. The van der Waals surface area contributed by atoms with Gasteiger partial charge in [-0.05, 0) is 47.2 Å². The average molecular weight is 823 g/mol. The van der Waals surface area contributed by atoms with E-state index in [-0.39, 0.29) is 65.6 Å². The van der Waals surface area contributed by atoms with Crippen LogP contribution < -0.4 is 16.7 Å². The van der Waals surface area contributed by atoms with Crippen LogP contribution in [0.25, 0.3) is 17.1 Å². The molecule has 0 radical (unpaired) electrons. The van der Waals surface area contributed by atoms with Crippen LogP contribution in [0.5, 0.6) is 11.5 Å². The lowest BCUT2D eigenvalue weighted by Gasteiger charge is -2.36. The first-order valence-corrected chi connectivity index (χ1v) is 19.0. The number of amides is 2. The zero-order valence-corrected chi connectivity index (χ0v) is 33.1. The number of aromatic hydroxyl groups is 2. The molecule has 4 aromatic rings. The topological polar surface area (TPSA) is 228 Å². The summed E-state index contributed by atoms with van der Waals surface area (Å²) in [4.78, 5) is 59.4. The summed E-state index contributed by atoms with van der Waals surface area (Å²) in [5.74, 6) is -1.82. The molecule has 2 aromatic heterocycles. The first-order valence-electron chi connectivity index (χ1n) is 19.0. The van der Waals surface area contributed by atoms with E-state index in [1.165, 1.54) is 18.2 Å². The van der Waals surface area contributed by atoms with E-state index in [2.05, 4.69) is 27.1 Å².